The number of benzene rings is 2. The zero-order chi connectivity index (χ0) is 25.0. The third-order valence-electron chi connectivity index (χ3n) is 5.47. The number of methoxy groups -OCH3 is 1. The maximum absolute atomic E-state index is 15.4. The van der Waals surface area contributed by atoms with Crippen molar-refractivity contribution in [1.82, 2.24) is 24.9 Å². The number of nitrogens with zero attached hydrogens (tertiary/aromatic N) is 4. The van der Waals surface area contributed by atoms with Gasteiger partial charge in [0.05, 0.1) is 33.9 Å². The van der Waals surface area contributed by atoms with Crippen LogP contribution >= 0.6 is 22.7 Å². The van der Waals surface area contributed by atoms with Crippen molar-refractivity contribution < 1.29 is 23.4 Å². The summed E-state index contributed by atoms with van der Waals surface area (Å²) in [6.07, 6.45) is 1.28. The Morgan fingerprint density at radius 1 is 1.06 bits per heavy atom. The van der Waals surface area contributed by atoms with Crippen molar-refractivity contribution in [3.05, 3.63) is 66.3 Å². The van der Waals surface area contributed by atoms with Crippen LogP contribution in [-0.2, 0) is 0 Å². The molecule has 4 heterocycles. The lowest BCUT2D eigenvalue weighted by Crippen LogP contribution is -1.98. The van der Waals surface area contributed by atoms with Gasteiger partial charge in [0.2, 0.25) is 5.95 Å². The quantitative estimate of drug-likeness (QED) is 0.267. The first-order valence-corrected chi connectivity index (χ1v) is 12.0. The Bertz CT molecular complexity index is 1810. The number of H-pyrrole nitrogens is 1. The van der Waals surface area contributed by atoms with Crippen molar-refractivity contribution in [3.63, 3.8) is 0 Å². The highest BCUT2D eigenvalue weighted by molar-refractivity contribution is 7.22. The molecule has 0 unspecified atom stereocenters. The van der Waals surface area contributed by atoms with Gasteiger partial charge in [0.15, 0.2) is 5.69 Å². The highest BCUT2D eigenvalue weighted by Crippen LogP contribution is 2.44. The number of rotatable bonds is 5. The van der Waals surface area contributed by atoms with E-state index in [0.29, 0.717) is 47.5 Å². The molecule has 12 heteroatoms. The fraction of sp³-hybridized carbons (Fsp3) is 0.0417. The molecule has 6 aromatic rings. The summed E-state index contributed by atoms with van der Waals surface area (Å²) >= 11 is 2.46. The van der Waals surface area contributed by atoms with E-state index in [1.165, 1.54) is 48.2 Å². The Morgan fingerprint density at radius 3 is 2.69 bits per heavy atom. The van der Waals surface area contributed by atoms with Crippen molar-refractivity contribution >= 4 is 49.1 Å². The molecule has 178 valence electrons. The van der Waals surface area contributed by atoms with Crippen LogP contribution in [0.3, 0.4) is 0 Å². The highest BCUT2D eigenvalue weighted by atomic mass is 32.1. The topological polar surface area (TPSA) is 114 Å². The number of hydrogen-bond donors (Lipinski definition) is 2. The number of carboxylic acids is 1. The number of aromatic carboxylic acids is 1. The van der Waals surface area contributed by atoms with E-state index in [0.717, 1.165) is 0 Å². The number of fused-ring (bicyclic) bond motifs is 2. The second-order valence-electron chi connectivity index (χ2n) is 7.61. The lowest BCUT2D eigenvalue weighted by Gasteiger charge is -2.08. The molecule has 0 bridgehead atoms. The Kier molecular flexibility index (Phi) is 5.20. The minimum absolute atomic E-state index is 0.172. The van der Waals surface area contributed by atoms with E-state index >= 15 is 4.39 Å². The number of aromatic amines is 1. The minimum atomic E-state index is -1.20. The molecule has 2 aromatic carbocycles. The SMILES string of the molecule is COc1cc(-c2c(F)ccc3sc(-c4[nH]cnc4C(=O)O)nc23)c2sc(-c3cccc(F)n3)nc2c1. The minimum Gasteiger partial charge on any atom is -0.497 e. The number of carbonyl (C=O) groups is 1. The van der Waals surface area contributed by atoms with Gasteiger partial charge in [0.1, 0.15) is 33.0 Å². The van der Waals surface area contributed by atoms with Gasteiger partial charge in [-0.25, -0.2) is 29.1 Å². The molecule has 0 spiro atoms. The van der Waals surface area contributed by atoms with Crippen LogP contribution in [-0.4, -0.2) is 43.1 Å². The van der Waals surface area contributed by atoms with E-state index in [1.807, 2.05) is 0 Å². The molecule has 0 aliphatic carbocycles. The monoisotopic (exact) mass is 521 g/mol. The van der Waals surface area contributed by atoms with Crippen LogP contribution in [0, 0.1) is 11.8 Å². The normalized spacial score (nSPS) is 11.4. The van der Waals surface area contributed by atoms with E-state index in [9.17, 15) is 14.3 Å². The largest absolute Gasteiger partial charge is 0.497 e. The fourth-order valence-corrected chi connectivity index (χ4v) is 5.92. The zero-order valence-corrected chi connectivity index (χ0v) is 19.9. The van der Waals surface area contributed by atoms with Crippen molar-refractivity contribution in [2.45, 2.75) is 0 Å². The number of thiazole rings is 2. The predicted octanol–water partition coefficient (Wildman–Crippen LogP) is 6.01. The molecule has 0 atom stereocenters. The Hall–Kier alpha value is -4.29. The molecular weight excluding hydrogens is 508 g/mol. The molecule has 0 radical (unpaired) electrons. The summed E-state index contributed by atoms with van der Waals surface area (Å²) in [4.78, 5) is 31.3. The van der Waals surface area contributed by atoms with Crippen LogP contribution in [0.2, 0.25) is 0 Å². The summed E-state index contributed by atoms with van der Waals surface area (Å²) in [6, 6.07) is 10.8. The van der Waals surface area contributed by atoms with Crippen LogP contribution in [0.15, 0.2) is 48.8 Å². The van der Waals surface area contributed by atoms with Crippen molar-refractivity contribution in [2.24, 2.45) is 0 Å². The maximum Gasteiger partial charge on any atom is 0.356 e. The average molecular weight is 522 g/mol. The van der Waals surface area contributed by atoms with Gasteiger partial charge in [-0.1, -0.05) is 6.07 Å². The molecule has 6 rings (SSSR count). The van der Waals surface area contributed by atoms with Crippen molar-refractivity contribution in [2.75, 3.05) is 7.11 Å². The average Bonchev–Trinajstić information content (AvgIpc) is 3.60. The molecule has 0 aliphatic rings. The Labute approximate surface area is 208 Å². The van der Waals surface area contributed by atoms with Gasteiger partial charge < -0.3 is 14.8 Å². The number of carboxylic acid groups (broad SMARTS) is 1. The standard InChI is InChI=1S/C24H13F2N5O3S2/c1-34-10-7-11(21-14(8-10)30-22(36-21)13-3-2-4-16(26)29-13)17-12(25)5-6-15-18(17)31-23(35-15)19-20(24(32)33)28-9-27-19/h2-9H,1H3,(H,27,28)(H,32,33). The number of hydrogen-bond acceptors (Lipinski definition) is 8. The van der Waals surface area contributed by atoms with Gasteiger partial charge in [0, 0.05) is 17.2 Å². The number of nitrogens with one attached hydrogen (secondary N) is 1. The molecule has 0 aliphatic heterocycles. The summed E-state index contributed by atoms with van der Waals surface area (Å²) in [6.45, 7) is 0. The lowest BCUT2D eigenvalue weighted by molar-refractivity contribution is 0.0692. The smallest absolute Gasteiger partial charge is 0.356 e. The molecule has 36 heavy (non-hydrogen) atoms. The molecular formula is C24H13F2N5O3S2. The first-order valence-electron chi connectivity index (χ1n) is 10.4. The predicted molar refractivity (Wildman–Crippen MR) is 132 cm³/mol. The van der Waals surface area contributed by atoms with Crippen molar-refractivity contribution in [3.8, 4) is 38.3 Å². The first-order chi connectivity index (χ1) is 17.4. The lowest BCUT2D eigenvalue weighted by atomic mass is 10.0. The third kappa shape index (κ3) is 3.58. The summed E-state index contributed by atoms with van der Waals surface area (Å²) in [5.74, 6) is -1.89. The van der Waals surface area contributed by atoms with Crippen LogP contribution in [0.4, 0.5) is 8.78 Å². The van der Waals surface area contributed by atoms with E-state index in [1.54, 1.807) is 30.3 Å². The van der Waals surface area contributed by atoms with E-state index in [-0.39, 0.29) is 17.0 Å². The summed E-state index contributed by atoms with van der Waals surface area (Å²) in [7, 11) is 1.50. The molecule has 0 saturated heterocycles. The van der Waals surface area contributed by atoms with E-state index in [4.69, 9.17) is 4.74 Å². The van der Waals surface area contributed by atoms with Crippen LogP contribution in [0.1, 0.15) is 10.5 Å². The molecule has 0 amide bonds. The summed E-state index contributed by atoms with van der Waals surface area (Å²) < 4.78 is 35.9. The van der Waals surface area contributed by atoms with E-state index < -0.39 is 17.7 Å². The first kappa shape index (κ1) is 22.2. The molecule has 8 nitrogen and oxygen atoms in total. The van der Waals surface area contributed by atoms with Gasteiger partial charge in [-0.2, -0.15) is 4.39 Å². The zero-order valence-electron chi connectivity index (χ0n) is 18.2. The number of aromatic nitrogens is 5. The maximum atomic E-state index is 15.4. The van der Waals surface area contributed by atoms with Crippen LogP contribution in [0.5, 0.6) is 5.75 Å². The number of ether oxygens (including phenoxy) is 1. The third-order valence-corrected chi connectivity index (χ3v) is 7.63. The van der Waals surface area contributed by atoms with Crippen LogP contribution < -0.4 is 4.74 Å². The second-order valence-corrected chi connectivity index (χ2v) is 9.64. The van der Waals surface area contributed by atoms with Crippen LogP contribution in [0.25, 0.3) is 53.0 Å². The van der Waals surface area contributed by atoms with Gasteiger partial charge in [-0.3, -0.25) is 0 Å². The van der Waals surface area contributed by atoms with Gasteiger partial charge in [-0.05, 0) is 30.3 Å². The second kappa shape index (κ2) is 8.43. The van der Waals surface area contributed by atoms with Gasteiger partial charge in [-0.15, -0.1) is 22.7 Å². The summed E-state index contributed by atoms with van der Waals surface area (Å²) in [5.41, 5.74) is 2.03. The number of pyridine rings is 1. The highest BCUT2D eigenvalue weighted by Gasteiger charge is 2.23. The molecule has 0 fully saturated rings. The van der Waals surface area contributed by atoms with Gasteiger partial charge in [0.25, 0.3) is 0 Å². The number of halogens is 2. The van der Waals surface area contributed by atoms with Gasteiger partial charge >= 0.3 is 5.97 Å². The number of imidazole rings is 1. The molecule has 2 N–H and O–H groups in total. The van der Waals surface area contributed by atoms with Crippen molar-refractivity contribution in [1.29, 1.82) is 0 Å². The molecule has 4 aromatic heterocycles. The fourth-order valence-electron chi connectivity index (χ4n) is 3.90. The van der Waals surface area contributed by atoms with E-state index in [2.05, 4.69) is 24.9 Å². The molecule has 0 saturated carbocycles. The summed E-state index contributed by atoms with van der Waals surface area (Å²) in [5, 5.41) is 10.3. The Balaban J connectivity index is 1.61. The Morgan fingerprint density at radius 2 is 1.92 bits per heavy atom.